The van der Waals surface area contributed by atoms with Crippen LogP contribution in [-0.2, 0) is 4.74 Å². The van der Waals surface area contributed by atoms with Crippen LogP contribution in [0.3, 0.4) is 0 Å². The molecule has 164 valence electrons. The lowest BCUT2D eigenvalue weighted by Gasteiger charge is -2.25. The highest BCUT2D eigenvalue weighted by Gasteiger charge is 2.20. The van der Waals surface area contributed by atoms with E-state index in [-0.39, 0.29) is 30.1 Å². The number of aliphatic imine (C=N–C) groups is 1. The molecule has 1 aliphatic rings. The van der Waals surface area contributed by atoms with Crippen molar-refractivity contribution in [2.75, 3.05) is 32.8 Å². The van der Waals surface area contributed by atoms with Crippen molar-refractivity contribution in [2.45, 2.75) is 52.1 Å². The smallest absolute Gasteiger partial charge is 0.407 e. The van der Waals surface area contributed by atoms with Crippen molar-refractivity contribution < 1.29 is 14.3 Å². The fraction of sp³-hybridized carbons (Fsp3) is 0.619. The van der Waals surface area contributed by atoms with Gasteiger partial charge in [0.1, 0.15) is 11.4 Å². The van der Waals surface area contributed by atoms with Crippen LogP contribution in [0, 0.1) is 0 Å². The maximum absolute atomic E-state index is 11.6. The van der Waals surface area contributed by atoms with E-state index in [1.165, 1.54) is 5.56 Å². The number of rotatable bonds is 7. The number of halogens is 1. The molecule has 7 nitrogen and oxygen atoms in total. The second-order valence-corrected chi connectivity index (χ2v) is 7.80. The summed E-state index contributed by atoms with van der Waals surface area (Å²) < 4.78 is 10.9. The van der Waals surface area contributed by atoms with E-state index in [1.807, 2.05) is 45.9 Å². The first-order valence-electron chi connectivity index (χ1n) is 10.1. The van der Waals surface area contributed by atoms with Crippen LogP contribution in [0.15, 0.2) is 29.3 Å². The number of guanidine groups is 1. The molecule has 0 spiro atoms. The number of amides is 1. The number of hydrogen-bond acceptors (Lipinski definition) is 4. The molecule has 1 heterocycles. The summed E-state index contributed by atoms with van der Waals surface area (Å²) in [6, 6.07) is 8.19. The number of nitrogens with zero attached hydrogens (tertiary/aromatic N) is 1. The number of carbonyl (C=O) groups is 1. The van der Waals surface area contributed by atoms with Gasteiger partial charge in [-0.05, 0) is 52.2 Å². The summed E-state index contributed by atoms with van der Waals surface area (Å²) in [6.45, 7) is 11.1. The van der Waals surface area contributed by atoms with E-state index < -0.39 is 5.60 Å². The fourth-order valence-corrected chi connectivity index (χ4v) is 2.95. The summed E-state index contributed by atoms with van der Waals surface area (Å²) in [4.78, 5) is 16.4. The Balaban J connectivity index is 0.00000420. The summed E-state index contributed by atoms with van der Waals surface area (Å²) in [5, 5.41) is 9.36. The summed E-state index contributed by atoms with van der Waals surface area (Å²) >= 11 is 0. The minimum Gasteiger partial charge on any atom is -0.493 e. The van der Waals surface area contributed by atoms with Crippen molar-refractivity contribution in [3.63, 3.8) is 0 Å². The third-order valence-electron chi connectivity index (χ3n) is 4.21. The average Bonchev–Trinajstić information content (AvgIpc) is 2.64. The second-order valence-electron chi connectivity index (χ2n) is 7.80. The summed E-state index contributed by atoms with van der Waals surface area (Å²) in [7, 11) is 0. The van der Waals surface area contributed by atoms with Gasteiger partial charge in [0.2, 0.25) is 0 Å². The van der Waals surface area contributed by atoms with Crippen molar-refractivity contribution in [2.24, 2.45) is 4.99 Å². The van der Waals surface area contributed by atoms with Gasteiger partial charge in [-0.2, -0.15) is 0 Å². The van der Waals surface area contributed by atoms with E-state index in [0.717, 1.165) is 37.7 Å². The normalized spacial score (nSPS) is 16.0. The van der Waals surface area contributed by atoms with Crippen molar-refractivity contribution in [1.29, 1.82) is 0 Å². The predicted molar refractivity (Wildman–Crippen MR) is 128 cm³/mol. The van der Waals surface area contributed by atoms with Crippen LogP contribution in [0.25, 0.3) is 0 Å². The number of nitrogens with one attached hydrogen (secondary N) is 3. The number of fused-ring (bicyclic) bond motifs is 1. The summed E-state index contributed by atoms with van der Waals surface area (Å²) in [5.74, 6) is 2.14. The second kappa shape index (κ2) is 12.8. The maximum atomic E-state index is 11.6. The van der Waals surface area contributed by atoms with Crippen LogP contribution in [0.2, 0.25) is 0 Å². The van der Waals surface area contributed by atoms with E-state index in [0.29, 0.717) is 25.6 Å². The Kier molecular flexibility index (Phi) is 11.2. The largest absolute Gasteiger partial charge is 0.493 e. The Morgan fingerprint density at radius 1 is 1.21 bits per heavy atom. The van der Waals surface area contributed by atoms with Gasteiger partial charge in [-0.25, -0.2) is 4.79 Å². The average molecular weight is 518 g/mol. The first kappa shape index (κ1) is 25.3. The lowest BCUT2D eigenvalue weighted by Crippen LogP contribution is -2.39. The molecule has 1 aromatic rings. The Bertz CT molecular complexity index is 662. The third-order valence-corrected chi connectivity index (χ3v) is 4.21. The van der Waals surface area contributed by atoms with Crippen molar-refractivity contribution in [1.82, 2.24) is 16.0 Å². The minimum absolute atomic E-state index is 0. The lowest BCUT2D eigenvalue weighted by atomic mass is 9.93. The first-order valence-corrected chi connectivity index (χ1v) is 10.1. The highest BCUT2D eigenvalue weighted by atomic mass is 127. The van der Waals surface area contributed by atoms with Gasteiger partial charge in [0.15, 0.2) is 5.96 Å². The van der Waals surface area contributed by atoms with Gasteiger partial charge in [0.05, 0.1) is 6.61 Å². The molecule has 8 heteroatoms. The number of alkyl carbamates (subject to hydrolysis) is 1. The highest BCUT2D eigenvalue weighted by Crippen LogP contribution is 2.33. The van der Waals surface area contributed by atoms with E-state index in [9.17, 15) is 4.79 Å². The van der Waals surface area contributed by atoms with Crippen molar-refractivity contribution >= 4 is 36.0 Å². The fourth-order valence-electron chi connectivity index (χ4n) is 2.95. The molecule has 1 unspecified atom stereocenters. The van der Waals surface area contributed by atoms with Crippen molar-refractivity contribution in [3.8, 4) is 5.75 Å². The molecule has 3 N–H and O–H groups in total. The molecule has 0 aromatic heterocycles. The molecule has 0 bridgehead atoms. The van der Waals surface area contributed by atoms with Crippen LogP contribution < -0.4 is 20.7 Å². The zero-order chi connectivity index (χ0) is 20.4. The number of benzene rings is 1. The topological polar surface area (TPSA) is 84.0 Å². The molecule has 1 atom stereocenters. The van der Waals surface area contributed by atoms with E-state index in [1.54, 1.807) is 0 Å². The van der Waals surface area contributed by atoms with Crippen LogP contribution in [-0.4, -0.2) is 50.4 Å². The molecule has 0 fully saturated rings. The standard InChI is InChI=1S/C21H34N4O3.HI/c1-5-22-19(23-12-8-13-24-20(26)28-21(2,3)4)25-15-16-11-14-27-18-10-7-6-9-17(16)18;/h6-7,9-10,16H,5,8,11-15H2,1-4H3,(H,24,26)(H2,22,23,25);1H. The van der Waals surface area contributed by atoms with Crippen LogP contribution in [0.4, 0.5) is 4.79 Å². The molecular formula is C21H35IN4O3. The Hall–Kier alpha value is -1.71. The third kappa shape index (κ3) is 9.56. The molecule has 0 saturated heterocycles. The number of para-hydroxylation sites is 1. The molecule has 0 radical (unpaired) electrons. The van der Waals surface area contributed by atoms with Gasteiger partial charge >= 0.3 is 6.09 Å². The molecule has 2 rings (SSSR count). The van der Waals surface area contributed by atoms with E-state index in [2.05, 4.69) is 22.0 Å². The van der Waals surface area contributed by atoms with Gasteiger partial charge in [-0.15, -0.1) is 24.0 Å². The Labute approximate surface area is 191 Å². The molecule has 1 aliphatic heterocycles. The maximum Gasteiger partial charge on any atom is 0.407 e. The minimum atomic E-state index is -0.476. The molecular weight excluding hydrogens is 483 g/mol. The number of ether oxygens (including phenoxy) is 2. The van der Waals surface area contributed by atoms with Gasteiger partial charge in [0.25, 0.3) is 0 Å². The Morgan fingerprint density at radius 3 is 2.66 bits per heavy atom. The molecule has 0 saturated carbocycles. The van der Waals surface area contributed by atoms with Gasteiger partial charge in [-0.3, -0.25) is 4.99 Å². The quantitative estimate of drug-likeness (QED) is 0.222. The Morgan fingerprint density at radius 2 is 1.93 bits per heavy atom. The number of hydrogen-bond donors (Lipinski definition) is 3. The highest BCUT2D eigenvalue weighted by molar-refractivity contribution is 14.0. The van der Waals surface area contributed by atoms with E-state index in [4.69, 9.17) is 14.5 Å². The molecule has 0 aliphatic carbocycles. The van der Waals surface area contributed by atoms with Crippen LogP contribution in [0.1, 0.15) is 52.0 Å². The van der Waals surface area contributed by atoms with Gasteiger partial charge in [-0.1, -0.05) is 18.2 Å². The van der Waals surface area contributed by atoms with Crippen molar-refractivity contribution in [3.05, 3.63) is 29.8 Å². The summed E-state index contributed by atoms with van der Waals surface area (Å²) in [6.07, 6.45) is 1.37. The molecule has 29 heavy (non-hydrogen) atoms. The summed E-state index contributed by atoms with van der Waals surface area (Å²) in [5.41, 5.74) is 0.755. The number of carbonyl (C=O) groups excluding carboxylic acids is 1. The van der Waals surface area contributed by atoms with Crippen LogP contribution >= 0.6 is 24.0 Å². The van der Waals surface area contributed by atoms with E-state index >= 15 is 0 Å². The molecule has 1 amide bonds. The molecule has 1 aromatic carbocycles. The lowest BCUT2D eigenvalue weighted by molar-refractivity contribution is 0.0527. The van der Waals surface area contributed by atoms with Gasteiger partial charge in [0, 0.05) is 32.1 Å². The first-order chi connectivity index (χ1) is 13.4. The van der Waals surface area contributed by atoms with Crippen LogP contribution in [0.5, 0.6) is 5.75 Å². The van der Waals surface area contributed by atoms with Gasteiger partial charge < -0.3 is 25.4 Å². The zero-order valence-electron chi connectivity index (χ0n) is 17.9. The predicted octanol–water partition coefficient (Wildman–Crippen LogP) is 3.64. The SMILES string of the molecule is CCNC(=NCC1CCOc2ccccc21)NCCCNC(=O)OC(C)(C)C.I. The monoisotopic (exact) mass is 518 g/mol. The zero-order valence-corrected chi connectivity index (χ0v) is 20.2.